The van der Waals surface area contributed by atoms with Gasteiger partial charge in [-0.1, -0.05) is 30.3 Å². The zero-order valence-corrected chi connectivity index (χ0v) is 14.8. The van der Waals surface area contributed by atoms with Gasteiger partial charge in [0.1, 0.15) is 17.3 Å². The van der Waals surface area contributed by atoms with Crippen LogP contribution in [0.4, 0.5) is 5.82 Å². The van der Waals surface area contributed by atoms with Crippen LogP contribution in [0.1, 0.15) is 40.6 Å². The van der Waals surface area contributed by atoms with E-state index in [1.807, 2.05) is 30.3 Å². The van der Waals surface area contributed by atoms with E-state index in [9.17, 15) is 9.59 Å². The van der Waals surface area contributed by atoms with Gasteiger partial charge in [0.05, 0.1) is 6.54 Å². The molecule has 2 aromatic heterocycles. The van der Waals surface area contributed by atoms with E-state index in [-0.39, 0.29) is 17.5 Å². The van der Waals surface area contributed by atoms with Gasteiger partial charge in [-0.15, -0.1) is 0 Å². The Morgan fingerprint density at radius 2 is 1.89 bits per heavy atom. The maximum Gasteiger partial charge on any atom is 0.343 e. The summed E-state index contributed by atoms with van der Waals surface area (Å²) in [7, 11) is 0. The normalized spacial score (nSPS) is 15.2. The molecule has 3 aromatic rings. The second-order valence-electron chi connectivity index (χ2n) is 6.73. The number of amides is 1. The van der Waals surface area contributed by atoms with Crippen LogP contribution < -0.4 is 11.4 Å². The van der Waals surface area contributed by atoms with Gasteiger partial charge in [-0.2, -0.15) is 10.2 Å². The third-order valence-corrected chi connectivity index (χ3v) is 4.95. The Balaban J connectivity index is 1.46. The summed E-state index contributed by atoms with van der Waals surface area (Å²) in [6, 6.07) is 11.4. The molecule has 0 spiro atoms. The van der Waals surface area contributed by atoms with E-state index in [4.69, 9.17) is 5.73 Å². The van der Waals surface area contributed by atoms with Crippen LogP contribution in [0.2, 0.25) is 0 Å². The number of rotatable bonds is 4. The Bertz CT molecular complexity index is 981. The fourth-order valence-corrected chi connectivity index (χ4v) is 3.52. The SMILES string of the molecule is Nc1cc(C(=O)N2CCC(c3n[nH]c(=O)n3Cc3ccccc3)CC2)[nH]n1. The lowest BCUT2D eigenvalue weighted by atomic mass is 9.95. The number of hydrogen-bond acceptors (Lipinski definition) is 5. The number of nitrogens with one attached hydrogen (secondary N) is 2. The van der Waals surface area contributed by atoms with Crippen molar-refractivity contribution in [2.75, 3.05) is 18.8 Å². The molecule has 1 aliphatic heterocycles. The summed E-state index contributed by atoms with van der Waals surface area (Å²) in [4.78, 5) is 26.5. The second-order valence-corrected chi connectivity index (χ2v) is 6.73. The summed E-state index contributed by atoms with van der Waals surface area (Å²) in [5, 5.41) is 13.3. The lowest BCUT2D eigenvalue weighted by Crippen LogP contribution is -2.38. The first-order chi connectivity index (χ1) is 13.1. The molecular formula is C18H21N7O2. The van der Waals surface area contributed by atoms with Gasteiger partial charge in [0.25, 0.3) is 5.91 Å². The van der Waals surface area contributed by atoms with E-state index < -0.39 is 0 Å². The predicted octanol–water partition coefficient (Wildman–Crippen LogP) is 0.945. The molecule has 9 nitrogen and oxygen atoms in total. The summed E-state index contributed by atoms with van der Waals surface area (Å²) in [6.07, 6.45) is 1.49. The number of anilines is 1. The van der Waals surface area contributed by atoms with Crippen LogP contribution in [0.5, 0.6) is 0 Å². The number of piperidine rings is 1. The van der Waals surface area contributed by atoms with Gasteiger partial charge >= 0.3 is 5.69 Å². The van der Waals surface area contributed by atoms with Crippen molar-refractivity contribution in [3.05, 3.63) is 64.0 Å². The number of aromatic amines is 2. The minimum Gasteiger partial charge on any atom is -0.382 e. The number of carbonyl (C=O) groups is 1. The summed E-state index contributed by atoms with van der Waals surface area (Å²) in [6.45, 7) is 1.67. The highest BCUT2D eigenvalue weighted by atomic mass is 16.2. The molecule has 4 N–H and O–H groups in total. The van der Waals surface area contributed by atoms with E-state index in [2.05, 4.69) is 20.4 Å². The number of nitrogens with zero attached hydrogens (tertiary/aromatic N) is 4. The Labute approximate surface area is 155 Å². The number of nitrogens with two attached hydrogens (primary N) is 1. The third-order valence-electron chi connectivity index (χ3n) is 4.95. The molecular weight excluding hydrogens is 346 g/mol. The number of H-pyrrole nitrogens is 2. The van der Waals surface area contributed by atoms with E-state index >= 15 is 0 Å². The molecule has 1 amide bonds. The minimum absolute atomic E-state index is 0.110. The Morgan fingerprint density at radius 3 is 2.56 bits per heavy atom. The van der Waals surface area contributed by atoms with Crippen molar-refractivity contribution in [1.29, 1.82) is 0 Å². The van der Waals surface area contributed by atoms with Crippen molar-refractivity contribution in [3.8, 4) is 0 Å². The minimum atomic E-state index is -0.208. The van der Waals surface area contributed by atoms with E-state index in [0.717, 1.165) is 24.2 Å². The molecule has 0 atom stereocenters. The number of hydrogen-bond donors (Lipinski definition) is 3. The molecule has 0 radical (unpaired) electrons. The van der Waals surface area contributed by atoms with Gasteiger partial charge in [-0.05, 0) is 18.4 Å². The summed E-state index contributed by atoms with van der Waals surface area (Å²) < 4.78 is 1.69. The standard InChI is InChI=1S/C18H21N7O2/c19-15-10-14(20-21-15)17(26)24-8-6-13(7-9-24)16-22-23-18(27)25(16)11-12-4-2-1-3-5-12/h1-5,10,13H,6-9,11H2,(H,23,27)(H3,19,20,21). The smallest absolute Gasteiger partial charge is 0.343 e. The van der Waals surface area contributed by atoms with Crippen molar-refractivity contribution in [3.63, 3.8) is 0 Å². The molecule has 1 saturated heterocycles. The molecule has 0 aliphatic carbocycles. The number of nitrogen functional groups attached to an aromatic ring is 1. The fourth-order valence-electron chi connectivity index (χ4n) is 3.52. The molecule has 9 heteroatoms. The highest BCUT2D eigenvalue weighted by Gasteiger charge is 2.28. The van der Waals surface area contributed by atoms with Crippen molar-refractivity contribution in [2.45, 2.75) is 25.3 Å². The van der Waals surface area contributed by atoms with E-state index in [1.165, 1.54) is 0 Å². The fraction of sp³-hybridized carbons (Fsp3) is 0.333. The zero-order chi connectivity index (χ0) is 18.8. The van der Waals surface area contributed by atoms with Crippen LogP contribution in [0.25, 0.3) is 0 Å². The number of carbonyl (C=O) groups excluding carboxylic acids is 1. The van der Waals surface area contributed by atoms with Gasteiger partial charge in [-0.3, -0.25) is 14.5 Å². The highest BCUT2D eigenvalue weighted by Crippen LogP contribution is 2.27. The van der Waals surface area contributed by atoms with Crippen LogP contribution >= 0.6 is 0 Å². The number of aromatic nitrogens is 5. The van der Waals surface area contributed by atoms with Crippen LogP contribution in [-0.4, -0.2) is 48.9 Å². The predicted molar refractivity (Wildman–Crippen MR) is 99.3 cm³/mol. The quantitative estimate of drug-likeness (QED) is 0.633. The average Bonchev–Trinajstić information content (AvgIpc) is 3.29. The Hall–Kier alpha value is -3.36. The maximum atomic E-state index is 12.5. The molecule has 4 rings (SSSR count). The van der Waals surface area contributed by atoms with Gasteiger partial charge in [0.2, 0.25) is 0 Å². The first-order valence-electron chi connectivity index (χ1n) is 8.91. The summed E-state index contributed by atoms with van der Waals surface area (Å²) in [5.41, 5.74) is 6.80. The second kappa shape index (κ2) is 7.10. The molecule has 0 bridgehead atoms. The van der Waals surface area contributed by atoms with Gasteiger partial charge in [0.15, 0.2) is 0 Å². The molecule has 140 valence electrons. The zero-order valence-electron chi connectivity index (χ0n) is 14.8. The first-order valence-corrected chi connectivity index (χ1v) is 8.91. The summed E-state index contributed by atoms with van der Waals surface area (Å²) in [5.74, 6) is 1.07. The lowest BCUT2D eigenvalue weighted by Gasteiger charge is -2.31. The lowest BCUT2D eigenvalue weighted by molar-refractivity contribution is 0.0704. The van der Waals surface area contributed by atoms with Gasteiger partial charge in [0, 0.05) is 25.1 Å². The molecule has 27 heavy (non-hydrogen) atoms. The van der Waals surface area contributed by atoms with Crippen LogP contribution in [0.3, 0.4) is 0 Å². The molecule has 3 heterocycles. The van der Waals surface area contributed by atoms with Gasteiger partial charge < -0.3 is 10.6 Å². The monoisotopic (exact) mass is 367 g/mol. The van der Waals surface area contributed by atoms with Crippen molar-refractivity contribution >= 4 is 11.7 Å². The van der Waals surface area contributed by atoms with Crippen molar-refractivity contribution in [1.82, 2.24) is 29.9 Å². The highest BCUT2D eigenvalue weighted by molar-refractivity contribution is 5.93. The molecule has 0 unspecified atom stereocenters. The number of likely N-dealkylation sites (tertiary alicyclic amines) is 1. The third kappa shape index (κ3) is 3.48. The largest absolute Gasteiger partial charge is 0.382 e. The van der Waals surface area contributed by atoms with Crippen LogP contribution in [-0.2, 0) is 6.54 Å². The van der Waals surface area contributed by atoms with Gasteiger partial charge in [-0.25, -0.2) is 9.89 Å². The molecule has 1 aliphatic rings. The molecule has 1 aromatic carbocycles. The van der Waals surface area contributed by atoms with Crippen LogP contribution in [0.15, 0.2) is 41.2 Å². The van der Waals surface area contributed by atoms with Crippen LogP contribution in [0, 0.1) is 0 Å². The Morgan fingerprint density at radius 1 is 1.15 bits per heavy atom. The summed E-state index contributed by atoms with van der Waals surface area (Å²) >= 11 is 0. The Kier molecular flexibility index (Phi) is 4.49. The molecule has 0 saturated carbocycles. The van der Waals surface area contributed by atoms with Crippen molar-refractivity contribution in [2.24, 2.45) is 0 Å². The first kappa shape index (κ1) is 17.1. The van der Waals surface area contributed by atoms with E-state index in [1.54, 1.807) is 15.5 Å². The topological polar surface area (TPSA) is 126 Å². The van der Waals surface area contributed by atoms with E-state index in [0.29, 0.717) is 31.1 Å². The average molecular weight is 367 g/mol. The molecule has 1 fully saturated rings. The van der Waals surface area contributed by atoms with Crippen molar-refractivity contribution < 1.29 is 4.79 Å². The number of benzene rings is 1. The maximum absolute atomic E-state index is 12.5.